The normalized spacial score (nSPS) is 13.5. The van der Waals surface area contributed by atoms with Gasteiger partial charge in [-0.05, 0) is 65.8 Å². The molecule has 1 aromatic heterocycles. The van der Waals surface area contributed by atoms with Gasteiger partial charge in [0.2, 0.25) is 0 Å². The Morgan fingerprint density at radius 3 is 2.44 bits per heavy atom. The molecule has 4 nitrogen and oxygen atoms in total. The fraction of sp³-hybridized carbons (Fsp3) is 0.200. The van der Waals surface area contributed by atoms with E-state index in [4.69, 9.17) is 16.3 Å². The number of halogens is 4. The van der Waals surface area contributed by atoms with E-state index < -0.39 is 23.4 Å². The van der Waals surface area contributed by atoms with Crippen LogP contribution in [-0.4, -0.2) is 11.0 Å². The van der Waals surface area contributed by atoms with Crippen LogP contribution in [0.15, 0.2) is 60.8 Å². The predicted octanol–water partition coefficient (Wildman–Crippen LogP) is 2.79. The summed E-state index contributed by atoms with van der Waals surface area (Å²) >= 11 is 6.24. The quantitative estimate of drug-likeness (QED) is 0.493. The van der Waals surface area contributed by atoms with Crippen molar-refractivity contribution in [3.8, 4) is 5.75 Å². The Bertz CT molecular complexity index is 1230. The number of carboxylic acids is 1. The maximum Gasteiger partial charge on any atom is 1.00 e. The third-order valence-electron chi connectivity index (χ3n) is 5.45. The van der Waals surface area contributed by atoms with Crippen molar-refractivity contribution in [1.29, 1.82) is 0 Å². The van der Waals surface area contributed by atoms with Crippen molar-refractivity contribution in [3.05, 3.63) is 93.8 Å². The van der Waals surface area contributed by atoms with Crippen molar-refractivity contribution < 1.29 is 57.4 Å². The number of pyridine rings is 1. The summed E-state index contributed by atoms with van der Waals surface area (Å²) < 4.78 is 45.6. The van der Waals surface area contributed by atoms with Crippen LogP contribution >= 0.6 is 11.6 Å². The summed E-state index contributed by atoms with van der Waals surface area (Å²) in [6, 6.07) is 15.8. The Morgan fingerprint density at radius 1 is 1.06 bits per heavy atom. The second-order valence-corrected chi connectivity index (χ2v) is 8.07. The molecular formula is C25H18ClF3NNaO3. The molecule has 1 heterocycles. The number of hydrogen-bond donors (Lipinski definition) is 0. The number of ether oxygens (including phenoxy) is 1. The predicted molar refractivity (Wildman–Crippen MR) is 116 cm³/mol. The molecule has 0 spiro atoms. The zero-order valence-corrected chi connectivity index (χ0v) is 21.0. The molecule has 0 saturated heterocycles. The molecule has 0 N–H and O–H groups in total. The molecule has 0 aliphatic heterocycles. The molecule has 34 heavy (non-hydrogen) atoms. The van der Waals surface area contributed by atoms with Gasteiger partial charge in [0.15, 0.2) is 5.69 Å². The summed E-state index contributed by atoms with van der Waals surface area (Å²) in [4.78, 5) is 14.8. The second kappa shape index (κ2) is 11.0. The molecule has 170 valence electrons. The van der Waals surface area contributed by atoms with Crippen LogP contribution in [0.25, 0.3) is 11.1 Å². The molecule has 9 heteroatoms. The van der Waals surface area contributed by atoms with E-state index in [1.165, 1.54) is 0 Å². The molecule has 0 amide bonds. The van der Waals surface area contributed by atoms with Crippen LogP contribution in [0.4, 0.5) is 13.2 Å². The second-order valence-electron chi connectivity index (χ2n) is 7.63. The maximum atomic E-state index is 13.2. The maximum absolute atomic E-state index is 13.2. The van der Waals surface area contributed by atoms with Crippen molar-refractivity contribution in [3.63, 3.8) is 0 Å². The van der Waals surface area contributed by atoms with E-state index in [-0.39, 0.29) is 29.6 Å². The zero-order chi connectivity index (χ0) is 23.6. The van der Waals surface area contributed by atoms with Crippen LogP contribution in [0.3, 0.4) is 0 Å². The van der Waals surface area contributed by atoms with E-state index in [9.17, 15) is 23.1 Å². The molecular weight excluding hydrogens is 478 g/mol. The zero-order valence-electron chi connectivity index (χ0n) is 18.3. The van der Waals surface area contributed by atoms with Crippen molar-refractivity contribution in [2.24, 2.45) is 0 Å². The van der Waals surface area contributed by atoms with Gasteiger partial charge in [0.25, 0.3) is 0 Å². The van der Waals surface area contributed by atoms with E-state index in [0.717, 1.165) is 35.4 Å². The molecule has 0 atom stereocenters. The van der Waals surface area contributed by atoms with Gasteiger partial charge < -0.3 is 14.6 Å². The van der Waals surface area contributed by atoms with Gasteiger partial charge in [-0.2, -0.15) is 13.2 Å². The number of carboxylic acid groups (broad SMARTS) is 1. The number of benzene rings is 2. The van der Waals surface area contributed by atoms with Gasteiger partial charge in [0, 0.05) is 22.3 Å². The summed E-state index contributed by atoms with van der Waals surface area (Å²) in [6.45, 7) is 0.328. The van der Waals surface area contributed by atoms with Gasteiger partial charge in [0.05, 0.1) is 5.97 Å². The van der Waals surface area contributed by atoms with Crippen LogP contribution in [0.5, 0.6) is 5.75 Å². The average molecular weight is 496 g/mol. The molecule has 0 radical (unpaired) electrons. The molecule has 0 bridgehead atoms. The number of aromatic nitrogens is 1. The van der Waals surface area contributed by atoms with Gasteiger partial charge in [-0.1, -0.05) is 41.9 Å². The molecule has 3 aromatic rings. The first-order valence-electron chi connectivity index (χ1n) is 10.2. The number of hydrogen-bond acceptors (Lipinski definition) is 4. The minimum absolute atomic E-state index is 0. The summed E-state index contributed by atoms with van der Waals surface area (Å²) in [7, 11) is 0. The smallest absolute Gasteiger partial charge is 0.545 e. The Labute approximate surface area is 221 Å². The van der Waals surface area contributed by atoms with Crippen LogP contribution in [-0.2, 0) is 12.8 Å². The SMILES string of the molecule is O=C([O-])c1cc(C2=C(c3cc(Cl)ccc3OCc3ccccc3)CCC2)cnc1C(F)(F)F.[Na+]. The number of carbonyl (C=O) groups excluding carboxylic acids is 1. The van der Waals surface area contributed by atoms with Crippen molar-refractivity contribution in [2.45, 2.75) is 32.0 Å². The first-order valence-corrected chi connectivity index (χ1v) is 10.6. The van der Waals surface area contributed by atoms with Crippen molar-refractivity contribution >= 4 is 28.7 Å². The summed E-state index contributed by atoms with van der Waals surface area (Å²) in [6.07, 6.45) is -1.90. The molecule has 0 fully saturated rings. The molecule has 2 aromatic carbocycles. The van der Waals surface area contributed by atoms with Gasteiger partial charge in [-0.25, -0.2) is 0 Å². The Hall–Kier alpha value is -2.32. The number of allylic oxidation sites excluding steroid dienone is 2. The molecule has 1 aliphatic rings. The molecule has 4 rings (SSSR count). The molecule has 0 unspecified atom stereocenters. The minimum Gasteiger partial charge on any atom is -0.545 e. The Morgan fingerprint density at radius 2 is 1.76 bits per heavy atom. The van der Waals surface area contributed by atoms with E-state index in [2.05, 4.69) is 4.98 Å². The van der Waals surface area contributed by atoms with Crippen LogP contribution in [0, 0.1) is 0 Å². The number of aromatic carboxylic acids is 1. The number of rotatable bonds is 6. The monoisotopic (exact) mass is 495 g/mol. The van der Waals surface area contributed by atoms with Crippen molar-refractivity contribution in [2.75, 3.05) is 0 Å². The van der Waals surface area contributed by atoms with Gasteiger partial charge in [0.1, 0.15) is 12.4 Å². The number of alkyl halides is 3. The number of carbonyl (C=O) groups is 1. The van der Waals surface area contributed by atoms with Crippen LogP contribution in [0.2, 0.25) is 5.02 Å². The van der Waals surface area contributed by atoms with E-state index >= 15 is 0 Å². The largest absolute Gasteiger partial charge is 1.00 e. The Balaban J connectivity index is 0.00000324. The third kappa shape index (κ3) is 5.84. The Kier molecular flexibility index (Phi) is 8.47. The minimum atomic E-state index is -4.90. The van der Waals surface area contributed by atoms with Gasteiger partial charge >= 0.3 is 35.7 Å². The first kappa shape index (κ1) is 26.3. The van der Waals surface area contributed by atoms with Crippen molar-refractivity contribution in [1.82, 2.24) is 4.98 Å². The van der Waals surface area contributed by atoms with E-state index in [1.54, 1.807) is 18.2 Å². The van der Waals surface area contributed by atoms with Gasteiger partial charge in [-0.15, -0.1) is 0 Å². The summed E-state index contributed by atoms with van der Waals surface area (Å²) in [5, 5.41) is 11.9. The fourth-order valence-corrected chi connectivity index (χ4v) is 4.14. The fourth-order valence-electron chi connectivity index (χ4n) is 3.97. The third-order valence-corrected chi connectivity index (χ3v) is 5.68. The van der Waals surface area contributed by atoms with E-state index in [1.807, 2.05) is 30.3 Å². The summed E-state index contributed by atoms with van der Waals surface area (Å²) in [5.41, 5.74) is 1.11. The summed E-state index contributed by atoms with van der Waals surface area (Å²) in [5.74, 6) is -1.34. The van der Waals surface area contributed by atoms with E-state index in [0.29, 0.717) is 41.4 Å². The molecule has 1 aliphatic carbocycles. The standard InChI is InChI=1S/C25H19ClF3NO3.Na/c26-17-9-10-22(33-14-15-5-2-1-3-6-15)20(12-17)19-8-4-7-18(19)16-11-21(24(31)32)23(30-13-16)25(27,28)29;/h1-3,5-6,9-13H,4,7-8,14H2,(H,31,32);/q;+1/p-1. The number of nitrogens with zero attached hydrogens (tertiary/aromatic N) is 1. The van der Waals surface area contributed by atoms with Crippen LogP contribution in [0.1, 0.15) is 52.0 Å². The van der Waals surface area contributed by atoms with Gasteiger partial charge in [-0.3, -0.25) is 4.98 Å². The topological polar surface area (TPSA) is 62.2 Å². The molecule has 0 saturated carbocycles. The average Bonchev–Trinajstić information content (AvgIpc) is 3.27. The van der Waals surface area contributed by atoms with Crippen LogP contribution < -0.4 is 39.4 Å². The first-order chi connectivity index (χ1) is 15.7.